The van der Waals surface area contributed by atoms with E-state index in [9.17, 15) is 0 Å². The van der Waals surface area contributed by atoms with Crippen LogP contribution in [0.2, 0.25) is 0 Å². The largest absolute Gasteiger partial charge is 0.255 e. The molecule has 0 bridgehead atoms. The molecule has 0 atom stereocenters. The summed E-state index contributed by atoms with van der Waals surface area (Å²) < 4.78 is 0. The lowest BCUT2D eigenvalue weighted by Crippen LogP contribution is -1.91. The van der Waals surface area contributed by atoms with Crippen LogP contribution < -0.4 is 0 Å². The standard InChI is InChI=1S/C17H15N3S/c1-13-5-7-14(8-6-13)12-21-17-10-9-16(19-20-17)15-4-2-3-11-18-15/h2-11H,12H2,1H3. The van der Waals surface area contributed by atoms with Crippen LogP contribution >= 0.6 is 11.8 Å². The summed E-state index contributed by atoms with van der Waals surface area (Å²) in [4.78, 5) is 4.27. The number of benzene rings is 1. The van der Waals surface area contributed by atoms with Gasteiger partial charge in [-0.15, -0.1) is 10.2 Å². The lowest BCUT2D eigenvalue weighted by Gasteiger charge is -2.03. The fourth-order valence-electron chi connectivity index (χ4n) is 1.89. The summed E-state index contributed by atoms with van der Waals surface area (Å²) >= 11 is 1.69. The van der Waals surface area contributed by atoms with E-state index in [0.717, 1.165) is 22.2 Å². The minimum atomic E-state index is 0.801. The number of hydrogen-bond donors (Lipinski definition) is 0. The van der Waals surface area contributed by atoms with Crippen molar-refractivity contribution in [1.29, 1.82) is 0 Å². The van der Waals surface area contributed by atoms with Crippen molar-refractivity contribution in [2.75, 3.05) is 0 Å². The highest BCUT2D eigenvalue weighted by Crippen LogP contribution is 2.22. The van der Waals surface area contributed by atoms with Gasteiger partial charge in [-0.25, -0.2) is 0 Å². The Kier molecular flexibility index (Phi) is 4.26. The normalized spacial score (nSPS) is 10.5. The first kappa shape index (κ1) is 13.8. The van der Waals surface area contributed by atoms with Gasteiger partial charge in [-0.05, 0) is 36.8 Å². The van der Waals surface area contributed by atoms with Crippen LogP contribution in [-0.2, 0) is 5.75 Å². The highest BCUT2D eigenvalue weighted by atomic mass is 32.2. The molecule has 3 aromatic rings. The number of thioether (sulfide) groups is 1. The summed E-state index contributed by atoms with van der Waals surface area (Å²) in [6.07, 6.45) is 1.76. The third kappa shape index (κ3) is 3.67. The molecule has 0 amide bonds. The lowest BCUT2D eigenvalue weighted by molar-refractivity contribution is 0.931. The second-order valence-corrected chi connectivity index (χ2v) is 5.74. The van der Waals surface area contributed by atoms with Crippen molar-refractivity contribution < 1.29 is 0 Å². The first-order chi connectivity index (χ1) is 10.3. The maximum Gasteiger partial charge on any atom is 0.119 e. The summed E-state index contributed by atoms with van der Waals surface area (Å²) in [7, 11) is 0. The van der Waals surface area contributed by atoms with Gasteiger partial charge in [0.2, 0.25) is 0 Å². The summed E-state index contributed by atoms with van der Waals surface area (Å²) in [5, 5.41) is 9.43. The van der Waals surface area contributed by atoms with Gasteiger partial charge in [0.1, 0.15) is 10.7 Å². The molecule has 0 spiro atoms. The van der Waals surface area contributed by atoms with Crippen molar-refractivity contribution in [3.8, 4) is 11.4 Å². The Morgan fingerprint density at radius 3 is 2.38 bits per heavy atom. The zero-order valence-electron chi connectivity index (χ0n) is 11.7. The number of aryl methyl sites for hydroxylation is 1. The van der Waals surface area contributed by atoms with E-state index in [1.54, 1.807) is 18.0 Å². The minimum Gasteiger partial charge on any atom is -0.255 e. The zero-order chi connectivity index (χ0) is 14.5. The second-order valence-electron chi connectivity index (χ2n) is 4.75. The van der Waals surface area contributed by atoms with E-state index >= 15 is 0 Å². The van der Waals surface area contributed by atoms with Gasteiger partial charge >= 0.3 is 0 Å². The van der Waals surface area contributed by atoms with Crippen LogP contribution in [0.25, 0.3) is 11.4 Å². The molecule has 1 aromatic carbocycles. The van der Waals surface area contributed by atoms with Crippen LogP contribution in [-0.4, -0.2) is 15.2 Å². The Morgan fingerprint density at radius 1 is 0.857 bits per heavy atom. The topological polar surface area (TPSA) is 38.7 Å². The molecular weight excluding hydrogens is 278 g/mol. The molecule has 4 heteroatoms. The van der Waals surface area contributed by atoms with Crippen LogP contribution in [0, 0.1) is 6.92 Å². The molecule has 3 rings (SSSR count). The molecule has 0 aliphatic rings. The van der Waals surface area contributed by atoms with E-state index in [1.807, 2.05) is 30.3 Å². The SMILES string of the molecule is Cc1ccc(CSc2ccc(-c3ccccn3)nn2)cc1. The van der Waals surface area contributed by atoms with E-state index < -0.39 is 0 Å². The number of aromatic nitrogens is 3. The fourth-order valence-corrected chi connectivity index (χ4v) is 2.66. The number of hydrogen-bond acceptors (Lipinski definition) is 4. The van der Waals surface area contributed by atoms with Crippen molar-refractivity contribution in [2.45, 2.75) is 17.7 Å². The summed E-state index contributed by atoms with van der Waals surface area (Å²) in [6, 6.07) is 18.3. The second kappa shape index (κ2) is 6.50. The van der Waals surface area contributed by atoms with Crippen molar-refractivity contribution in [2.24, 2.45) is 0 Å². The van der Waals surface area contributed by atoms with Crippen LogP contribution in [0.3, 0.4) is 0 Å². The van der Waals surface area contributed by atoms with E-state index in [4.69, 9.17) is 0 Å². The molecule has 0 saturated carbocycles. The van der Waals surface area contributed by atoms with Crippen LogP contribution in [0.15, 0.2) is 65.8 Å². The lowest BCUT2D eigenvalue weighted by atomic mass is 10.2. The van der Waals surface area contributed by atoms with Crippen LogP contribution in [0.1, 0.15) is 11.1 Å². The van der Waals surface area contributed by atoms with Crippen LogP contribution in [0.4, 0.5) is 0 Å². The average Bonchev–Trinajstić information content (AvgIpc) is 2.56. The monoisotopic (exact) mass is 293 g/mol. The quantitative estimate of drug-likeness (QED) is 0.678. The van der Waals surface area contributed by atoms with Crippen molar-refractivity contribution in [3.05, 3.63) is 71.9 Å². The van der Waals surface area contributed by atoms with Crippen LogP contribution in [0.5, 0.6) is 0 Å². The molecule has 0 unspecified atom stereocenters. The third-order valence-electron chi connectivity index (χ3n) is 3.07. The smallest absolute Gasteiger partial charge is 0.119 e. The molecule has 104 valence electrons. The van der Waals surface area contributed by atoms with Gasteiger partial charge in [0.25, 0.3) is 0 Å². The van der Waals surface area contributed by atoms with E-state index in [-0.39, 0.29) is 0 Å². The highest BCUT2D eigenvalue weighted by molar-refractivity contribution is 7.98. The van der Waals surface area contributed by atoms with Gasteiger partial charge in [-0.1, -0.05) is 47.7 Å². The molecule has 0 aliphatic heterocycles. The summed E-state index contributed by atoms with van der Waals surface area (Å²) in [5.74, 6) is 0.901. The minimum absolute atomic E-state index is 0.801. The van der Waals surface area contributed by atoms with Gasteiger partial charge in [0.05, 0.1) is 5.69 Å². The van der Waals surface area contributed by atoms with Crippen molar-refractivity contribution in [3.63, 3.8) is 0 Å². The first-order valence-electron chi connectivity index (χ1n) is 6.75. The molecule has 0 fully saturated rings. The average molecular weight is 293 g/mol. The van der Waals surface area contributed by atoms with Gasteiger partial charge in [0, 0.05) is 11.9 Å². The molecule has 2 aromatic heterocycles. The van der Waals surface area contributed by atoms with Gasteiger partial charge < -0.3 is 0 Å². The molecule has 3 nitrogen and oxygen atoms in total. The number of nitrogens with zero attached hydrogens (tertiary/aromatic N) is 3. The number of rotatable bonds is 4. The maximum atomic E-state index is 4.27. The van der Waals surface area contributed by atoms with Gasteiger partial charge in [-0.3, -0.25) is 4.98 Å². The molecule has 0 radical (unpaired) electrons. The molecule has 0 saturated heterocycles. The Hall–Kier alpha value is -2.20. The first-order valence-corrected chi connectivity index (χ1v) is 7.73. The molecule has 21 heavy (non-hydrogen) atoms. The van der Waals surface area contributed by atoms with Crippen molar-refractivity contribution in [1.82, 2.24) is 15.2 Å². The predicted molar refractivity (Wildman–Crippen MR) is 86.0 cm³/mol. The predicted octanol–water partition coefficient (Wildman–Crippen LogP) is 4.14. The fraction of sp³-hybridized carbons (Fsp3) is 0.118. The summed E-state index contributed by atoms with van der Waals surface area (Å²) in [6.45, 7) is 2.10. The molecular formula is C17H15N3S. The summed E-state index contributed by atoms with van der Waals surface area (Å²) in [5.41, 5.74) is 4.22. The Labute approximate surface area is 128 Å². The molecule has 0 aliphatic carbocycles. The van der Waals surface area contributed by atoms with Crippen molar-refractivity contribution >= 4 is 11.8 Å². The third-order valence-corrected chi connectivity index (χ3v) is 4.07. The zero-order valence-corrected chi connectivity index (χ0v) is 12.5. The Balaban J connectivity index is 1.66. The Bertz CT molecular complexity index is 694. The number of pyridine rings is 1. The maximum absolute atomic E-state index is 4.27. The Morgan fingerprint density at radius 2 is 1.71 bits per heavy atom. The van der Waals surface area contributed by atoms with E-state index in [1.165, 1.54) is 11.1 Å². The van der Waals surface area contributed by atoms with E-state index in [2.05, 4.69) is 46.4 Å². The highest BCUT2D eigenvalue weighted by Gasteiger charge is 2.02. The van der Waals surface area contributed by atoms with Gasteiger partial charge in [-0.2, -0.15) is 0 Å². The van der Waals surface area contributed by atoms with E-state index in [0.29, 0.717) is 0 Å². The molecule has 0 N–H and O–H groups in total. The molecule has 2 heterocycles. The van der Waals surface area contributed by atoms with Gasteiger partial charge in [0.15, 0.2) is 0 Å².